The lowest BCUT2D eigenvalue weighted by Gasteiger charge is -2.36. The summed E-state index contributed by atoms with van der Waals surface area (Å²) >= 11 is 0. The van der Waals surface area contributed by atoms with Crippen LogP contribution in [-0.4, -0.2) is 217 Å². The maximum atomic E-state index is 14.8. The minimum Gasteiger partial charge on any atom is -0.481 e. The van der Waals surface area contributed by atoms with Crippen molar-refractivity contribution in [1.82, 2.24) is 58.1 Å². The number of methoxy groups -OCH3 is 1. The van der Waals surface area contributed by atoms with Crippen molar-refractivity contribution in [3.05, 3.63) is 25.3 Å². The molecule has 12 N–H and O–H groups in total. The van der Waals surface area contributed by atoms with Crippen molar-refractivity contribution in [3.8, 4) is 0 Å². The summed E-state index contributed by atoms with van der Waals surface area (Å²) in [5.41, 5.74) is 0. The van der Waals surface area contributed by atoms with Gasteiger partial charge in [0, 0.05) is 45.1 Å². The van der Waals surface area contributed by atoms with Crippen LogP contribution in [0.2, 0.25) is 0 Å². The van der Waals surface area contributed by atoms with Crippen LogP contribution in [0.5, 0.6) is 0 Å². The first-order valence-corrected chi connectivity index (χ1v) is 25.7. The standard InChI is InChI=1S/C51H77N11O20/c1-9-11-12-35(70)18-36(57-33(26-68)13-15-41(73)74)47(77)61-45(55-31(6)24-66)50(80)62(17-10-2)46(56-32(7)25-67)49(79)60-43(54-30(5)23-65)39(71)19-37(52-28(3)21-63)48(78)59-44(58-34(27-69)14-16-42(75)76)40(72)20-38(51(81)82-8)53-29(4)22-64/h9-10,21-34,36-38,43-46,52-58H,1-2,11-20H2,3-8H3,(H,59,78)(H,60,79)(H,61,77)(H,73,74)(H,75,76)/t28-,29-,30-,31-,32-,33-,34-,36+,37+,38+,43+,44+,45+,46+/m0/s1. The van der Waals surface area contributed by atoms with Gasteiger partial charge in [-0.1, -0.05) is 12.2 Å². The zero-order valence-electron chi connectivity index (χ0n) is 46.5. The average molecular weight is 1160 g/mol. The normalized spacial score (nSPS) is 16.1. The highest BCUT2D eigenvalue weighted by Crippen LogP contribution is 2.11. The van der Waals surface area contributed by atoms with Gasteiger partial charge >= 0.3 is 17.9 Å². The van der Waals surface area contributed by atoms with Gasteiger partial charge in [0.1, 0.15) is 68.2 Å². The van der Waals surface area contributed by atoms with Crippen LogP contribution in [0.1, 0.15) is 92.4 Å². The number of Topliss-reactive ketones (excluding diaryl/α,β-unsaturated/α-hetero) is 3. The average Bonchev–Trinajstić information content (AvgIpc) is 3.47. The number of amides is 4. The zero-order chi connectivity index (χ0) is 62.6. The molecule has 0 spiro atoms. The van der Waals surface area contributed by atoms with Gasteiger partial charge in [-0.25, -0.2) is 0 Å². The molecule has 0 aromatic carbocycles. The highest BCUT2D eigenvalue weighted by atomic mass is 16.5. The number of allylic oxidation sites excluding steroid dienone is 1. The summed E-state index contributed by atoms with van der Waals surface area (Å²) < 4.78 is 4.74. The number of carboxylic acids is 2. The van der Waals surface area contributed by atoms with Crippen LogP contribution in [0.25, 0.3) is 0 Å². The fraction of sp³-hybridized carbons (Fsp3) is 0.588. The number of nitrogens with one attached hydrogen (secondary N) is 10. The Balaban J connectivity index is 7.65. The van der Waals surface area contributed by atoms with Gasteiger partial charge in [-0.3, -0.25) is 85.2 Å². The molecular weight excluding hydrogens is 1090 g/mol. The third kappa shape index (κ3) is 28.6. The van der Waals surface area contributed by atoms with Gasteiger partial charge in [0.05, 0.1) is 61.5 Å². The molecule has 0 rings (SSSR count). The van der Waals surface area contributed by atoms with Crippen LogP contribution in [0, 0.1) is 0 Å². The van der Waals surface area contributed by atoms with E-state index < -0.39 is 189 Å². The maximum Gasteiger partial charge on any atom is 0.323 e. The number of ketones is 3. The van der Waals surface area contributed by atoms with E-state index in [2.05, 4.69) is 66.3 Å². The van der Waals surface area contributed by atoms with E-state index in [1.165, 1.54) is 40.7 Å². The second kappa shape index (κ2) is 40.4. The molecule has 0 aliphatic heterocycles. The number of rotatable bonds is 49. The van der Waals surface area contributed by atoms with E-state index in [0.29, 0.717) is 42.6 Å². The highest BCUT2D eigenvalue weighted by Gasteiger charge is 2.40. The van der Waals surface area contributed by atoms with Crippen molar-refractivity contribution < 1.29 is 96.5 Å². The lowest BCUT2D eigenvalue weighted by Crippen LogP contribution is -2.68. The Labute approximate surface area is 472 Å². The van der Waals surface area contributed by atoms with E-state index in [1.807, 2.05) is 0 Å². The Kier molecular flexibility index (Phi) is 36.5. The Morgan fingerprint density at radius 1 is 0.476 bits per heavy atom. The van der Waals surface area contributed by atoms with Crippen LogP contribution in [0.4, 0.5) is 0 Å². The summed E-state index contributed by atoms with van der Waals surface area (Å²) in [5.74, 6) is -11.4. The van der Waals surface area contributed by atoms with E-state index in [4.69, 9.17) is 4.74 Å². The summed E-state index contributed by atoms with van der Waals surface area (Å²) in [5, 5.41) is 43.3. The van der Waals surface area contributed by atoms with Crippen molar-refractivity contribution >= 4 is 103 Å². The fourth-order valence-corrected chi connectivity index (χ4v) is 7.30. The molecule has 0 unspecified atom stereocenters. The molecule has 0 saturated carbocycles. The van der Waals surface area contributed by atoms with Crippen LogP contribution in [0.15, 0.2) is 25.3 Å². The Morgan fingerprint density at radius 2 is 0.878 bits per heavy atom. The van der Waals surface area contributed by atoms with Gasteiger partial charge in [0.2, 0.25) is 11.8 Å². The maximum absolute atomic E-state index is 14.8. The van der Waals surface area contributed by atoms with Gasteiger partial charge in [0.25, 0.3) is 11.8 Å². The second-order valence-corrected chi connectivity index (χ2v) is 18.7. The van der Waals surface area contributed by atoms with Gasteiger partial charge in [-0.2, -0.15) is 0 Å². The number of esters is 1. The molecule has 0 bridgehead atoms. The Bertz CT molecular complexity index is 2270. The molecular formula is C51H77N11O20. The lowest BCUT2D eigenvalue weighted by atomic mass is 10.0. The monoisotopic (exact) mass is 1160 g/mol. The van der Waals surface area contributed by atoms with E-state index in [9.17, 15) is 91.7 Å². The van der Waals surface area contributed by atoms with Gasteiger partial charge < -0.3 is 69.4 Å². The summed E-state index contributed by atoms with van der Waals surface area (Å²) in [7, 11) is 0.978. The van der Waals surface area contributed by atoms with E-state index in [-0.39, 0.29) is 25.5 Å². The number of nitrogens with zero attached hydrogens (tertiary/aromatic N) is 1. The van der Waals surface area contributed by atoms with Crippen molar-refractivity contribution in [3.63, 3.8) is 0 Å². The van der Waals surface area contributed by atoms with Crippen molar-refractivity contribution in [1.29, 1.82) is 0 Å². The number of aldehydes is 7. The molecule has 4 amide bonds. The Morgan fingerprint density at radius 3 is 1.33 bits per heavy atom. The molecule has 0 saturated heterocycles. The van der Waals surface area contributed by atoms with E-state index in [0.717, 1.165) is 13.2 Å². The van der Waals surface area contributed by atoms with E-state index >= 15 is 0 Å². The molecule has 0 aliphatic carbocycles. The summed E-state index contributed by atoms with van der Waals surface area (Å²) in [6, 6.07) is -13.8. The third-order valence-electron chi connectivity index (χ3n) is 11.6. The number of hydrogen-bond donors (Lipinski definition) is 12. The van der Waals surface area contributed by atoms with Gasteiger partial charge in [-0.05, 0) is 53.9 Å². The number of carbonyl (C=O) groups is 17. The van der Waals surface area contributed by atoms with Crippen LogP contribution in [0.3, 0.4) is 0 Å². The second-order valence-electron chi connectivity index (χ2n) is 18.7. The summed E-state index contributed by atoms with van der Waals surface area (Å²) in [6.45, 7) is 12.9. The van der Waals surface area contributed by atoms with E-state index in [1.54, 1.807) is 0 Å². The zero-order valence-corrected chi connectivity index (χ0v) is 46.5. The number of carbonyl (C=O) groups excluding carboxylic acids is 15. The summed E-state index contributed by atoms with van der Waals surface area (Å²) in [6.07, 6.45) is -7.61. The minimum absolute atomic E-state index is 0.114. The summed E-state index contributed by atoms with van der Waals surface area (Å²) in [4.78, 5) is 219. The molecule has 0 heterocycles. The van der Waals surface area contributed by atoms with Crippen molar-refractivity contribution in [2.24, 2.45) is 0 Å². The number of carboxylic acid groups (broad SMARTS) is 2. The lowest BCUT2D eigenvalue weighted by molar-refractivity contribution is -0.146. The van der Waals surface area contributed by atoms with Crippen LogP contribution < -0.4 is 53.2 Å². The van der Waals surface area contributed by atoms with Gasteiger partial charge in [-0.15, -0.1) is 13.2 Å². The highest BCUT2D eigenvalue weighted by molar-refractivity contribution is 5.99. The fourth-order valence-electron chi connectivity index (χ4n) is 7.30. The minimum atomic E-state index is -2.05. The van der Waals surface area contributed by atoms with Crippen molar-refractivity contribution in [2.75, 3.05) is 13.7 Å². The first kappa shape index (κ1) is 74.2. The molecule has 0 radical (unpaired) electrons. The topological polar surface area (TPSA) is 463 Å². The number of hydrogen-bond acceptors (Lipinski definition) is 25. The Hall–Kier alpha value is -7.81. The number of aliphatic carboxylic acids is 2. The molecule has 31 nitrogen and oxygen atoms in total. The smallest absolute Gasteiger partial charge is 0.323 e. The molecule has 82 heavy (non-hydrogen) atoms. The van der Waals surface area contributed by atoms with Crippen molar-refractivity contribution in [2.45, 2.75) is 177 Å². The third-order valence-corrected chi connectivity index (χ3v) is 11.6. The van der Waals surface area contributed by atoms with Gasteiger partial charge in [0.15, 0.2) is 23.9 Å². The number of ether oxygens (including phenoxy) is 1. The van der Waals surface area contributed by atoms with Crippen LogP contribution >= 0.6 is 0 Å². The first-order chi connectivity index (χ1) is 38.7. The quantitative estimate of drug-likeness (QED) is 0.0117. The molecule has 14 atom stereocenters. The largest absolute Gasteiger partial charge is 0.481 e. The molecule has 0 aliphatic rings. The predicted molar refractivity (Wildman–Crippen MR) is 286 cm³/mol. The van der Waals surface area contributed by atoms with Crippen LogP contribution in [-0.2, 0) is 86.2 Å². The molecule has 0 aromatic rings. The molecule has 0 fully saturated rings. The first-order valence-electron chi connectivity index (χ1n) is 25.7. The predicted octanol–water partition coefficient (Wildman–Crippen LogP) is -5.29. The molecule has 0 aromatic heterocycles. The molecule has 31 heteroatoms. The SMILES string of the molecule is C=CCCC(=O)C[C@@H](N[C@H](C=O)CCC(=O)O)C(=O)N[C@@H](N[C@@H](C)C=O)C(=O)N(CC=C)[C@@H](N[C@@H](C)C=O)C(=O)N[C@@H](N[C@@H](C)C=O)C(=O)C[C@@H](N[C@@H](C)C=O)C(=O)N[C@@H](N[C@H](C=O)CCC(=O)O)C(=O)C[C@@H](N[C@@H](C)C=O)C(=O)OC. The molecule has 456 valence electrons.